The zero-order valence-corrected chi connectivity index (χ0v) is 16.9. The minimum atomic E-state index is -3.82. The molecule has 156 valence electrons. The summed E-state index contributed by atoms with van der Waals surface area (Å²) < 4.78 is 38.8. The third-order valence-corrected chi connectivity index (χ3v) is 7.29. The maximum absolute atomic E-state index is 12.6. The third-order valence-electron chi connectivity index (χ3n) is 5.99. The number of rotatable bonds is 7. The predicted octanol–water partition coefficient (Wildman–Crippen LogP) is 2.28. The van der Waals surface area contributed by atoms with Crippen molar-refractivity contribution in [3.8, 4) is 11.7 Å². The van der Waals surface area contributed by atoms with Crippen LogP contribution in [0.4, 0.5) is 0 Å². The standard InChI is InChI=1S/C19H24N4O5S/c24-16-9-12(11-23(16)14-3-1-2-4-14)10-20-29(25,26)17-8-7-15(27-17)19-22-21-18(28-19)13-5-6-13/h7-8,12-14,20H,1-6,9-11H2/t12-/m0/s1. The Morgan fingerprint density at radius 2 is 1.90 bits per heavy atom. The number of carbonyl (C=O) groups is 1. The number of aromatic nitrogens is 2. The van der Waals surface area contributed by atoms with Gasteiger partial charge in [0.1, 0.15) is 0 Å². The lowest BCUT2D eigenvalue weighted by molar-refractivity contribution is -0.129. The molecule has 1 N–H and O–H groups in total. The fraction of sp³-hybridized carbons (Fsp3) is 0.632. The summed E-state index contributed by atoms with van der Waals surface area (Å²) in [4.78, 5) is 14.2. The smallest absolute Gasteiger partial charge is 0.283 e. The first-order chi connectivity index (χ1) is 14.0. The van der Waals surface area contributed by atoms with Crippen LogP contribution < -0.4 is 4.72 Å². The van der Waals surface area contributed by atoms with Crippen molar-refractivity contribution in [2.45, 2.75) is 62.0 Å². The second-order valence-corrected chi connectivity index (χ2v) is 9.94. The Morgan fingerprint density at radius 1 is 1.10 bits per heavy atom. The molecule has 0 bridgehead atoms. The summed E-state index contributed by atoms with van der Waals surface area (Å²) in [5.41, 5.74) is 0. The van der Waals surface area contributed by atoms with Crippen LogP contribution in [0.3, 0.4) is 0 Å². The molecule has 2 aliphatic carbocycles. The van der Waals surface area contributed by atoms with E-state index >= 15 is 0 Å². The zero-order chi connectivity index (χ0) is 20.0. The van der Waals surface area contributed by atoms with Gasteiger partial charge >= 0.3 is 0 Å². The average molecular weight is 420 g/mol. The first-order valence-electron chi connectivity index (χ1n) is 10.2. The summed E-state index contributed by atoms with van der Waals surface area (Å²) in [5, 5.41) is 7.72. The van der Waals surface area contributed by atoms with E-state index in [1.54, 1.807) is 0 Å². The Kier molecular flexibility index (Phi) is 4.70. The highest BCUT2D eigenvalue weighted by molar-refractivity contribution is 7.89. The van der Waals surface area contributed by atoms with Gasteiger partial charge in [-0.25, -0.2) is 13.1 Å². The second-order valence-electron chi connectivity index (χ2n) is 8.24. The van der Waals surface area contributed by atoms with E-state index in [0.717, 1.165) is 38.5 Å². The van der Waals surface area contributed by atoms with Crippen molar-refractivity contribution < 1.29 is 22.0 Å². The fourth-order valence-electron chi connectivity index (χ4n) is 4.22. The Balaban J connectivity index is 1.21. The first-order valence-corrected chi connectivity index (χ1v) is 11.7. The summed E-state index contributed by atoms with van der Waals surface area (Å²) >= 11 is 0. The molecule has 0 spiro atoms. The van der Waals surface area contributed by atoms with Gasteiger partial charge in [-0.1, -0.05) is 12.8 Å². The van der Waals surface area contributed by atoms with E-state index in [1.165, 1.54) is 12.1 Å². The Hall–Kier alpha value is -2.20. The molecule has 29 heavy (non-hydrogen) atoms. The van der Waals surface area contributed by atoms with Crippen LogP contribution in [0.25, 0.3) is 11.7 Å². The van der Waals surface area contributed by atoms with Crippen LogP contribution in [0.5, 0.6) is 0 Å². The number of hydrogen-bond donors (Lipinski definition) is 1. The van der Waals surface area contributed by atoms with Gasteiger partial charge < -0.3 is 13.7 Å². The van der Waals surface area contributed by atoms with Gasteiger partial charge in [0.15, 0.2) is 5.76 Å². The van der Waals surface area contributed by atoms with Crippen molar-refractivity contribution in [3.05, 3.63) is 18.0 Å². The number of likely N-dealkylation sites (tertiary alicyclic amines) is 1. The van der Waals surface area contributed by atoms with Crippen LogP contribution in [0.2, 0.25) is 0 Å². The minimum Gasteiger partial charge on any atom is -0.438 e. The van der Waals surface area contributed by atoms with Crippen LogP contribution in [-0.4, -0.2) is 48.6 Å². The normalized spacial score (nSPS) is 23.4. The van der Waals surface area contributed by atoms with Gasteiger partial charge in [-0.2, -0.15) is 0 Å². The number of carbonyl (C=O) groups excluding carboxylic acids is 1. The van der Waals surface area contributed by atoms with Gasteiger partial charge in [-0.05, 0) is 43.7 Å². The van der Waals surface area contributed by atoms with E-state index in [9.17, 15) is 13.2 Å². The van der Waals surface area contributed by atoms with Crippen LogP contribution in [0.15, 0.2) is 26.1 Å². The van der Waals surface area contributed by atoms with Crippen molar-refractivity contribution >= 4 is 15.9 Å². The fourth-order valence-corrected chi connectivity index (χ4v) is 5.27. The lowest BCUT2D eigenvalue weighted by Crippen LogP contribution is -2.36. The highest BCUT2D eigenvalue weighted by atomic mass is 32.2. The number of furan rings is 1. The zero-order valence-electron chi connectivity index (χ0n) is 16.0. The molecule has 3 aliphatic rings. The van der Waals surface area contributed by atoms with Crippen LogP contribution in [0, 0.1) is 5.92 Å². The molecule has 2 saturated carbocycles. The number of amides is 1. The molecule has 0 unspecified atom stereocenters. The van der Waals surface area contributed by atoms with Gasteiger partial charge in [0, 0.05) is 31.5 Å². The van der Waals surface area contributed by atoms with Crippen LogP contribution >= 0.6 is 0 Å². The van der Waals surface area contributed by atoms with Crippen molar-refractivity contribution in [3.63, 3.8) is 0 Å². The quantitative estimate of drug-likeness (QED) is 0.730. The Labute approximate surface area is 168 Å². The van der Waals surface area contributed by atoms with Crippen LogP contribution in [-0.2, 0) is 14.8 Å². The molecule has 1 amide bonds. The van der Waals surface area contributed by atoms with Gasteiger partial charge in [0.25, 0.3) is 15.9 Å². The Bertz CT molecular complexity index is 1000. The van der Waals surface area contributed by atoms with Crippen molar-refractivity contribution in [1.82, 2.24) is 19.8 Å². The maximum Gasteiger partial charge on any atom is 0.283 e. The van der Waals surface area contributed by atoms with Crippen molar-refractivity contribution in [2.24, 2.45) is 5.92 Å². The largest absolute Gasteiger partial charge is 0.438 e. The SMILES string of the molecule is O=C1C[C@@H](CNS(=O)(=O)c2ccc(-c3nnc(C4CC4)o3)o2)CN1C1CCCC1. The van der Waals surface area contributed by atoms with Gasteiger partial charge in [0.2, 0.25) is 16.9 Å². The molecule has 3 fully saturated rings. The van der Waals surface area contributed by atoms with E-state index in [-0.39, 0.29) is 35.1 Å². The molecule has 1 aliphatic heterocycles. The van der Waals surface area contributed by atoms with Crippen LogP contribution in [0.1, 0.15) is 56.8 Å². The number of hydrogen-bond acceptors (Lipinski definition) is 7. The van der Waals surface area contributed by atoms with E-state index in [4.69, 9.17) is 8.83 Å². The molecule has 3 heterocycles. The topological polar surface area (TPSA) is 119 Å². The van der Waals surface area contributed by atoms with Gasteiger partial charge in [-0.15, -0.1) is 10.2 Å². The third kappa shape index (κ3) is 3.83. The second kappa shape index (κ2) is 7.24. The summed E-state index contributed by atoms with van der Waals surface area (Å²) in [5.74, 6) is 1.40. The summed E-state index contributed by atoms with van der Waals surface area (Å²) in [6.45, 7) is 0.821. The van der Waals surface area contributed by atoms with E-state index in [0.29, 0.717) is 30.8 Å². The molecular formula is C19H24N4O5S. The highest BCUT2D eigenvalue weighted by Gasteiger charge is 2.36. The highest BCUT2D eigenvalue weighted by Crippen LogP contribution is 2.40. The number of sulfonamides is 1. The van der Waals surface area contributed by atoms with E-state index in [1.807, 2.05) is 4.90 Å². The summed E-state index contributed by atoms with van der Waals surface area (Å²) in [6.07, 6.45) is 6.88. The molecule has 5 rings (SSSR count). The maximum atomic E-state index is 12.6. The molecule has 2 aromatic rings. The van der Waals surface area contributed by atoms with Crippen molar-refractivity contribution in [2.75, 3.05) is 13.1 Å². The van der Waals surface area contributed by atoms with Crippen molar-refractivity contribution in [1.29, 1.82) is 0 Å². The van der Waals surface area contributed by atoms with Gasteiger partial charge in [0.05, 0.1) is 0 Å². The van der Waals surface area contributed by atoms with E-state index in [2.05, 4.69) is 14.9 Å². The molecular weight excluding hydrogens is 396 g/mol. The van der Waals surface area contributed by atoms with E-state index < -0.39 is 10.0 Å². The molecule has 2 aromatic heterocycles. The molecule has 10 heteroatoms. The summed E-state index contributed by atoms with van der Waals surface area (Å²) in [7, 11) is -3.82. The minimum absolute atomic E-state index is 0.0238. The molecule has 1 saturated heterocycles. The van der Waals surface area contributed by atoms with Gasteiger partial charge in [-0.3, -0.25) is 4.79 Å². The lowest BCUT2D eigenvalue weighted by atomic mass is 10.1. The number of nitrogens with one attached hydrogen (secondary N) is 1. The number of nitrogens with zero attached hydrogens (tertiary/aromatic N) is 3. The first kappa shape index (κ1) is 18.8. The molecule has 0 radical (unpaired) electrons. The predicted molar refractivity (Wildman–Crippen MR) is 101 cm³/mol. The Morgan fingerprint density at radius 3 is 2.66 bits per heavy atom. The average Bonchev–Trinajstić information content (AvgIpc) is 3.17. The molecule has 0 aromatic carbocycles. The molecule has 9 nitrogen and oxygen atoms in total. The monoisotopic (exact) mass is 420 g/mol. The lowest BCUT2D eigenvalue weighted by Gasteiger charge is -2.24. The molecule has 1 atom stereocenters. The summed E-state index contributed by atoms with van der Waals surface area (Å²) in [6, 6.07) is 3.22.